The van der Waals surface area contributed by atoms with Gasteiger partial charge in [-0.1, -0.05) is 44.2 Å². The smallest absolute Gasteiger partial charge is 0.213 e. The van der Waals surface area contributed by atoms with Crippen LogP contribution in [0.3, 0.4) is 0 Å². The van der Waals surface area contributed by atoms with Crippen molar-refractivity contribution in [3.8, 4) is 17.0 Å². The van der Waals surface area contributed by atoms with Crippen LogP contribution < -0.4 is 4.74 Å². The Balaban J connectivity index is 2.23. The van der Waals surface area contributed by atoms with E-state index >= 15 is 0 Å². The lowest BCUT2D eigenvalue weighted by Gasteiger charge is -2.12. The monoisotopic (exact) mass is 315 g/mol. The molecule has 0 aliphatic carbocycles. The van der Waals surface area contributed by atoms with Gasteiger partial charge in [-0.05, 0) is 12.1 Å². The predicted octanol–water partition coefficient (Wildman–Crippen LogP) is 3.58. The van der Waals surface area contributed by atoms with Gasteiger partial charge in [-0.25, -0.2) is 4.98 Å². The molecule has 0 aliphatic heterocycles. The SMILES string of the molecule is COc1ccccc1-c1nc2sc(C(C)(C)C)nn2c1C=O. The van der Waals surface area contributed by atoms with Gasteiger partial charge < -0.3 is 4.74 Å². The van der Waals surface area contributed by atoms with E-state index in [-0.39, 0.29) is 5.41 Å². The van der Waals surface area contributed by atoms with Crippen LogP contribution in [0.4, 0.5) is 0 Å². The van der Waals surface area contributed by atoms with Gasteiger partial charge in [-0.15, -0.1) is 0 Å². The lowest BCUT2D eigenvalue weighted by atomic mass is 9.98. The number of aldehydes is 1. The number of hydrogen-bond acceptors (Lipinski definition) is 5. The topological polar surface area (TPSA) is 56.5 Å². The summed E-state index contributed by atoms with van der Waals surface area (Å²) in [5, 5.41) is 5.51. The van der Waals surface area contributed by atoms with Gasteiger partial charge >= 0.3 is 0 Å². The van der Waals surface area contributed by atoms with Crippen LogP contribution >= 0.6 is 11.3 Å². The van der Waals surface area contributed by atoms with E-state index in [1.54, 1.807) is 11.6 Å². The highest BCUT2D eigenvalue weighted by Crippen LogP contribution is 2.34. The molecule has 3 rings (SSSR count). The number of para-hydroxylation sites is 1. The average molecular weight is 315 g/mol. The Bertz CT molecular complexity index is 843. The van der Waals surface area contributed by atoms with Crippen molar-refractivity contribution in [1.29, 1.82) is 0 Å². The Labute approximate surface area is 132 Å². The van der Waals surface area contributed by atoms with Crippen molar-refractivity contribution in [3.63, 3.8) is 0 Å². The quantitative estimate of drug-likeness (QED) is 0.693. The molecule has 0 atom stereocenters. The average Bonchev–Trinajstić information content (AvgIpc) is 3.03. The maximum absolute atomic E-state index is 11.6. The van der Waals surface area contributed by atoms with Gasteiger partial charge in [0.2, 0.25) is 4.96 Å². The van der Waals surface area contributed by atoms with Crippen LogP contribution in [0.1, 0.15) is 36.3 Å². The fourth-order valence-electron chi connectivity index (χ4n) is 2.21. The first-order chi connectivity index (χ1) is 10.5. The molecule has 0 aliphatic rings. The maximum atomic E-state index is 11.6. The van der Waals surface area contributed by atoms with Crippen LogP contribution in [0.2, 0.25) is 0 Å². The van der Waals surface area contributed by atoms with Gasteiger partial charge in [0.25, 0.3) is 0 Å². The summed E-state index contributed by atoms with van der Waals surface area (Å²) in [7, 11) is 1.60. The van der Waals surface area contributed by atoms with Crippen LogP contribution in [0, 0.1) is 0 Å². The minimum Gasteiger partial charge on any atom is -0.496 e. The van der Waals surface area contributed by atoms with Crippen molar-refractivity contribution in [3.05, 3.63) is 35.0 Å². The normalized spacial score (nSPS) is 11.8. The van der Waals surface area contributed by atoms with E-state index in [0.717, 1.165) is 16.9 Å². The van der Waals surface area contributed by atoms with Gasteiger partial charge in [0.1, 0.15) is 22.1 Å². The first-order valence-corrected chi connectivity index (χ1v) is 7.76. The number of fused-ring (bicyclic) bond motifs is 1. The summed E-state index contributed by atoms with van der Waals surface area (Å²) in [5.41, 5.74) is 1.77. The number of carbonyl (C=O) groups excluding carboxylic acids is 1. The van der Waals surface area contributed by atoms with Gasteiger partial charge in [-0.3, -0.25) is 4.79 Å². The highest BCUT2D eigenvalue weighted by molar-refractivity contribution is 7.16. The summed E-state index contributed by atoms with van der Waals surface area (Å²) in [5.74, 6) is 0.687. The number of rotatable bonds is 3. The van der Waals surface area contributed by atoms with Crippen LogP contribution in [0.15, 0.2) is 24.3 Å². The fraction of sp³-hybridized carbons (Fsp3) is 0.312. The molecule has 0 spiro atoms. The predicted molar refractivity (Wildman–Crippen MR) is 86.9 cm³/mol. The molecule has 0 saturated carbocycles. The zero-order chi connectivity index (χ0) is 15.9. The Kier molecular flexibility index (Phi) is 3.48. The van der Waals surface area contributed by atoms with Crippen molar-refractivity contribution in [2.24, 2.45) is 0 Å². The molecule has 6 heteroatoms. The van der Waals surface area contributed by atoms with E-state index in [2.05, 4.69) is 30.9 Å². The van der Waals surface area contributed by atoms with Crippen molar-refractivity contribution < 1.29 is 9.53 Å². The molecule has 0 unspecified atom stereocenters. The molecule has 1 aromatic carbocycles. The highest BCUT2D eigenvalue weighted by Gasteiger charge is 2.24. The third-order valence-corrected chi connectivity index (χ3v) is 4.69. The van der Waals surface area contributed by atoms with Crippen LogP contribution in [-0.4, -0.2) is 28.0 Å². The second kappa shape index (κ2) is 5.21. The van der Waals surface area contributed by atoms with E-state index in [0.29, 0.717) is 22.1 Å². The molecule has 0 fully saturated rings. The third-order valence-electron chi connectivity index (χ3n) is 3.35. The summed E-state index contributed by atoms with van der Waals surface area (Å²) in [6.07, 6.45) is 0.800. The van der Waals surface area contributed by atoms with E-state index < -0.39 is 0 Å². The standard InChI is InChI=1S/C16H17N3O2S/c1-16(2,3)14-18-19-11(9-20)13(17-15(19)22-14)10-7-5-6-8-12(10)21-4/h5-9H,1-4H3. The Morgan fingerprint density at radius 2 is 2.00 bits per heavy atom. The number of methoxy groups -OCH3 is 1. The van der Waals surface area contributed by atoms with Crippen molar-refractivity contribution in [1.82, 2.24) is 14.6 Å². The Morgan fingerprint density at radius 3 is 2.64 bits per heavy atom. The number of imidazole rings is 1. The van der Waals surface area contributed by atoms with Gasteiger partial charge in [0.05, 0.1) is 7.11 Å². The molecule has 3 aromatic rings. The Morgan fingerprint density at radius 1 is 1.27 bits per heavy atom. The molecule has 0 amide bonds. The first kappa shape index (κ1) is 14.7. The zero-order valence-electron chi connectivity index (χ0n) is 13.0. The number of carbonyl (C=O) groups is 1. The summed E-state index contributed by atoms with van der Waals surface area (Å²) in [4.78, 5) is 16.9. The molecular formula is C16H17N3O2S. The van der Waals surface area contributed by atoms with Crippen molar-refractivity contribution in [2.75, 3.05) is 7.11 Å². The van der Waals surface area contributed by atoms with E-state index in [9.17, 15) is 4.79 Å². The number of hydrogen-bond donors (Lipinski definition) is 0. The number of nitrogens with zero attached hydrogens (tertiary/aromatic N) is 3. The maximum Gasteiger partial charge on any atom is 0.213 e. The molecule has 0 radical (unpaired) electrons. The summed E-state index contributed by atoms with van der Waals surface area (Å²) in [6.45, 7) is 6.27. The lowest BCUT2D eigenvalue weighted by Crippen LogP contribution is -2.11. The molecular weight excluding hydrogens is 298 g/mol. The molecule has 2 aromatic heterocycles. The molecule has 114 valence electrons. The molecule has 0 N–H and O–H groups in total. The molecule has 22 heavy (non-hydrogen) atoms. The minimum absolute atomic E-state index is 0.0733. The second-order valence-corrected chi connectivity index (χ2v) is 6.97. The largest absolute Gasteiger partial charge is 0.496 e. The second-order valence-electron chi connectivity index (χ2n) is 6.02. The molecule has 0 bridgehead atoms. The zero-order valence-corrected chi connectivity index (χ0v) is 13.8. The molecule has 0 saturated heterocycles. The minimum atomic E-state index is -0.0733. The van der Waals surface area contributed by atoms with E-state index in [1.165, 1.54) is 11.3 Å². The van der Waals surface area contributed by atoms with E-state index in [4.69, 9.17) is 4.74 Å². The van der Waals surface area contributed by atoms with Crippen molar-refractivity contribution >= 4 is 22.6 Å². The van der Waals surface area contributed by atoms with Gasteiger partial charge in [0.15, 0.2) is 6.29 Å². The molecule has 2 heterocycles. The third kappa shape index (κ3) is 2.29. The summed E-state index contributed by atoms with van der Waals surface area (Å²) >= 11 is 1.50. The lowest BCUT2D eigenvalue weighted by molar-refractivity contribution is 0.111. The van der Waals surface area contributed by atoms with Crippen molar-refractivity contribution in [2.45, 2.75) is 26.2 Å². The van der Waals surface area contributed by atoms with Crippen LogP contribution in [-0.2, 0) is 5.41 Å². The first-order valence-electron chi connectivity index (χ1n) is 6.94. The molecule has 5 nitrogen and oxygen atoms in total. The fourth-order valence-corrected chi connectivity index (χ4v) is 3.18. The number of aromatic nitrogens is 3. The van der Waals surface area contributed by atoms with Gasteiger partial charge in [0, 0.05) is 11.0 Å². The number of ether oxygens (including phenoxy) is 1. The van der Waals surface area contributed by atoms with Crippen LogP contribution in [0.25, 0.3) is 16.2 Å². The van der Waals surface area contributed by atoms with Gasteiger partial charge in [-0.2, -0.15) is 9.61 Å². The van der Waals surface area contributed by atoms with E-state index in [1.807, 2.05) is 24.3 Å². The highest BCUT2D eigenvalue weighted by atomic mass is 32.1. The number of benzene rings is 1. The van der Waals surface area contributed by atoms with Crippen LogP contribution in [0.5, 0.6) is 5.75 Å². The Hall–Kier alpha value is -2.21. The summed E-state index contributed by atoms with van der Waals surface area (Å²) < 4.78 is 6.99. The summed E-state index contributed by atoms with van der Waals surface area (Å²) in [6, 6.07) is 7.53.